The predicted octanol–water partition coefficient (Wildman–Crippen LogP) is 2.62. The van der Waals surface area contributed by atoms with Crippen molar-refractivity contribution in [3.8, 4) is 0 Å². The SMILES string of the molecule is NC(=S)c1ccc(NC(=O)CCc2ccco2)c(F)c1. The van der Waals surface area contributed by atoms with Gasteiger partial charge in [0.05, 0.1) is 12.0 Å². The van der Waals surface area contributed by atoms with Gasteiger partial charge in [-0.15, -0.1) is 0 Å². The van der Waals surface area contributed by atoms with Crippen LogP contribution in [0.15, 0.2) is 41.0 Å². The fourth-order valence-corrected chi connectivity index (χ4v) is 1.80. The van der Waals surface area contributed by atoms with Crippen LogP contribution in [-0.4, -0.2) is 10.9 Å². The van der Waals surface area contributed by atoms with E-state index in [-0.39, 0.29) is 23.0 Å². The fraction of sp³-hybridized carbons (Fsp3) is 0.143. The molecule has 1 heterocycles. The number of hydrogen-bond donors (Lipinski definition) is 2. The van der Waals surface area contributed by atoms with Crippen LogP contribution >= 0.6 is 12.2 Å². The van der Waals surface area contributed by atoms with E-state index in [0.717, 1.165) is 0 Å². The number of anilines is 1. The van der Waals surface area contributed by atoms with E-state index in [1.54, 1.807) is 24.5 Å². The first kappa shape index (κ1) is 14.2. The van der Waals surface area contributed by atoms with Crippen LogP contribution < -0.4 is 11.1 Å². The number of halogens is 1. The lowest BCUT2D eigenvalue weighted by Gasteiger charge is -2.07. The van der Waals surface area contributed by atoms with Crippen molar-refractivity contribution in [2.45, 2.75) is 12.8 Å². The van der Waals surface area contributed by atoms with Crippen molar-refractivity contribution in [1.29, 1.82) is 0 Å². The van der Waals surface area contributed by atoms with Crippen LogP contribution in [0.1, 0.15) is 17.7 Å². The second-order valence-corrected chi connectivity index (χ2v) is 4.63. The molecule has 6 heteroatoms. The Labute approximate surface area is 120 Å². The number of hydrogen-bond acceptors (Lipinski definition) is 3. The van der Waals surface area contributed by atoms with Gasteiger partial charge in [0.15, 0.2) is 0 Å². The molecule has 0 fully saturated rings. The average Bonchev–Trinajstić information content (AvgIpc) is 2.91. The molecular weight excluding hydrogens is 279 g/mol. The molecule has 104 valence electrons. The molecule has 0 saturated heterocycles. The Balaban J connectivity index is 1.95. The zero-order chi connectivity index (χ0) is 14.5. The summed E-state index contributed by atoms with van der Waals surface area (Å²) < 4.78 is 18.9. The Morgan fingerprint density at radius 2 is 2.20 bits per heavy atom. The molecule has 0 bridgehead atoms. The van der Waals surface area contributed by atoms with Crippen LogP contribution in [0.25, 0.3) is 0 Å². The summed E-state index contributed by atoms with van der Waals surface area (Å²) in [5.41, 5.74) is 5.93. The molecule has 0 atom stereocenters. The molecule has 0 aliphatic carbocycles. The summed E-state index contributed by atoms with van der Waals surface area (Å²) in [5, 5.41) is 2.50. The zero-order valence-corrected chi connectivity index (χ0v) is 11.4. The smallest absolute Gasteiger partial charge is 0.224 e. The summed E-state index contributed by atoms with van der Waals surface area (Å²) in [6, 6.07) is 7.73. The molecule has 1 amide bonds. The van der Waals surface area contributed by atoms with Crippen LogP contribution in [0.5, 0.6) is 0 Å². The van der Waals surface area contributed by atoms with Crippen molar-refractivity contribution in [3.05, 3.63) is 53.7 Å². The summed E-state index contributed by atoms with van der Waals surface area (Å²) in [6.45, 7) is 0. The molecule has 0 unspecified atom stereocenters. The summed E-state index contributed by atoms with van der Waals surface area (Å²) in [5.74, 6) is -0.144. The van der Waals surface area contributed by atoms with Crippen LogP contribution in [-0.2, 0) is 11.2 Å². The van der Waals surface area contributed by atoms with Gasteiger partial charge in [0.1, 0.15) is 16.6 Å². The van der Waals surface area contributed by atoms with Crippen molar-refractivity contribution >= 4 is 28.8 Å². The maximum atomic E-state index is 13.7. The average molecular weight is 292 g/mol. The minimum absolute atomic E-state index is 0.106. The number of nitrogens with one attached hydrogen (secondary N) is 1. The molecule has 20 heavy (non-hydrogen) atoms. The van der Waals surface area contributed by atoms with Gasteiger partial charge >= 0.3 is 0 Å². The van der Waals surface area contributed by atoms with Crippen LogP contribution in [0.4, 0.5) is 10.1 Å². The van der Waals surface area contributed by atoms with Crippen LogP contribution in [0, 0.1) is 5.82 Å². The van der Waals surface area contributed by atoms with Gasteiger partial charge in [-0.1, -0.05) is 12.2 Å². The number of nitrogens with two attached hydrogens (primary N) is 1. The molecule has 3 N–H and O–H groups in total. The monoisotopic (exact) mass is 292 g/mol. The van der Waals surface area contributed by atoms with Crippen molar-refractivity contribution in [2.24, 2.45) is 5.73 Å². The quantitative estimate of drug-likeness (QED) is 0.831. The molecule has 0 aliphatic heterocycles. The van der Waals surface area contributed by atoms with Gasteiger partial charge < -0.3 is 15.5 Å². The fourth-order valence-electron chi connectivity index (χ4n) is 1.67. The minimum Gasteiger partial charge on any atom is -0.469 e. The van der Waals surface area contributed by atoms with Crippen molar-refractivity contribution in [1.82, 2.24) is 0 Å². The highest BCUT2D eigenvalue weighted by Crippen LogP contribution is 2.16. The number of carbonyl (C=O) groups is 1. The lowest BCUT2D eigenvalue weighted by atomic mass is 10.2. The molecule has 2 rings (SSSR count). The lowest BCUT2D eigenvalue weighted by molar-refractivity contribution is -0.116. The number of aryl methyl sites for hydroxylation is 1. The highest BCUT2D eigenvalue weighted by molar-refractivity contribution is 7.80. The first-order valence-corrected chi connectivity index (χ1v) is 6.38. The predicted molar refractivity (Wildman–Crippen MR) is 77.9 cm³/mol. The van der Waals surface area contributed by atoms with Gasteiger partial charge in [0.2, 0.25) is 5.91 Å². The van der Waals surface area contributed by atoms with E-state index in [9.17, 15) is 9.18 Å². The maximum absolute atomic E-state index is 13.7. The van der Waals surface area contributed by atoms with E-state index in [2.05, 4.69) is 5.32 Å². The second kappa shape index (κ2) is 6.29. The Bertz CT molecular complexity index is 626. The highest BCUT2D eigenvalue weighted by Gasteiger charge is 2.09. The van der Waals surface area contributed by atoms with Gasteiger partial charge in [-0.05, 0) is 30.3 Å². The lowest BCUT2D eigenvalue weighted by Crippen LogP contribution is -2.14. The van der Waals surface area contributed by atoms with Crippen LogP contribution in [0.2, 0.25) is 0 Å². The Hall–Kier alpha value is -2.21. The molecule has 1 aromatic heterocycles. The maximum Gasteiger partial charge on any atom is 0.224 e. The van der Waals surface area contributed by atoms with Crippen LogP contribution in [0.3, 0.4) is 0 Å². The first-order valence-electron chi connectivity index (χ1n) is 5.98. The van der Waals surface area contributed by atoms with E-state index in [4.69, 9.17) is 22.4 Å². The molecule has 1 aromatic carbocycles. The van der Waals surface area contributed by atoms with Gasteiger partial charge in [0, 0.05) is 18.4 Å². The number of amides is 1. The van der Waals surface area contributed by atoms with Gasteiger partial charge in [0.25, 0.3) is 0 Å². The van der Waals surface area contributed by atoms with Crippen molar-refractivity contribution in [3.63, 3.8) is 0 Å². The molecule has 0 spiro atoms. The molecule has 4 nitrogen and oxygen atoms in total. The summed E-state index contributed by atoms with van der Waals surface area (Å²) in [7, 11) is 0. The molecular formula is C14H13FN2O2S. The Morgan fingerprint density at radius 1 is 1.40 bits per heavy atom. The van der Waals surface area contributed by atoms with Crippen molar-refractivity contribution < 1.29 is 13.6 Å². The van der Waals surface area contributed by atoms with E-state index in [1.165, 1.54) is 12.1 Å². The van der Waals surface area contributed by atoms with E-state index in [1.807, 2.05) is 0 Å². The minimum atomic E-state index is -0.568. The summed E-state index contributed by atoms with van der Waals surface area (Å²) in [4.78, 5) is 11.8. The number of rotatable bonds is 5. The number of furan rings is 1. The number of carbonyl (C=O) groups excluding carboxylic acids is 1. The first-order chi connectivity index (χ1) is 9.56. The highest BCUT2D eigenvalue weighted by atomic mass is 32.1. The molecule has 0 aliphatic rings. The van der Waals surface area contributed by atoms with Gasteiger partial charge in [-0.2, -0.15) is 0 Å². The summed E-state index contributed by atoms with van der Waals surface area (Å²) >= 11 is 4.75. The van der Waals surface area contributed by atoms with E-state index >= 15 is 0 Å². The molecule has 2 aromatic rings. The third-order valence-corrected chi connectivity index (χ3v) is 2.94. The van der Waals surface area contributed by atoms with Gasteiger partial charge in [-0.25, -0.2) is 4.39 Å². The largest absolute Gasteiger partial charge is 0.469 e. The third-order valence-electron chi connectivity index (χ3n) is 2.71. The Kier molecular flexibility index (Phi) is 4.47. The molecule has 0 saturated carbocycles. The van der Waals surface area contributed by atoms with E-state index in [0.29, 0.717) is 17.7 Å². The second-order valence-electron chi connectivity index (χ2n) is 4.19. The normalized spacial score (nSPS) is 10.2. The number of thiocarbonyl (C=S) groups is 1. The Morgan fingerprint density at radius 3 is 2.80 bits per heavy atom. The van der Waals surface area contributed by atoms with Gasteiger partial charge in [-0.3, -0.25) is 4.79 Å². The number of benzene rings is 1. The van der Waals surface area contributed by atoms with E-state index < -0.39 is 5.82 Å². The molecule has 0 radical (unpaired) electrons. The topological polar surface area (TPSA) is 68.3 Å². The standard InChI is InChI=1S/C14H13FN2O2S/c15-11-8-9(14(16)20)3-5-12(11)17-13(18)6-4-10-2-1-7-19-10/h1-3,5,7-8H,4,6H2,(H2,16,20)(H,17,18). The summed E-state index contributed by atoms with van der Waals surface area (Å²) in [6.07, 6.45) is 2.22. The van der Waals surface area contributed by atoms with Crippen molar-refractivity contribution in [2.75, 3.05) is 5.32 Å². The third kappa shape index (κ3) is 3.64. The zero-order valence-electron chi connectivity index (χ0n) is 10.6.